The van der Waals surface area contributed by atoms with Gasteiger partial charge in [-0.25, -0.2) is 0 Å². The van der Waals surface area contributed by atoms with E-state index in [1.807, 2.05) is 0 Å². The Hall–Kier alpha value is 0.210. The van der Waals surface area contributed by atoms with E-state index in [2.05, 4.69) is 27.9 Å². The number of nitrogens with zero attached hydrogens (tertiary/aromatic N) is 1. The zero-order valence-corrected chi connectivity index (χ0v) is 18.6. The van der Waals surface area contributed by atoms with Crippen molar-refractivity contribution in [2.75, 3.05) is 33.8 Å². The smallest absolute Gasteiger partial charge is 0.102 e. The van der Waals surface area contributed by atoms with E-state index in [9.17, 15) is 5.11 Å². The minimum absolute atomic E-state index is 0. The normalized spacial score (nSPS) is 11.8. The number of hydrogen-bond acceptors (Lipinski definition) is 1. The summed E-state index contributed by atoms with van der Waals surface area (Å²) in [6, 6.07) is 0. The zero-order valence-electron chi connectivity index (χ0n) is 17.9. The van der Waals surface area contributed by atoms with Crippen molar-refractivity contribution in [2.45, 2.75) is 104 Å². The van der Waals surface area contributed by atoms with E-state index >= 15 is 0 Å². The molecule has 0 saturated heterocycles. The summed E-state index contributed by atoms with van der Waals surface area (Å²) in [4.78, 5) is 0. The van der Waals surface area contributed by atoms with Gasteiger partial charge in [0.05, 0.1) is 27.2 Å². The molecule has 0 aromatic rings. The van der Waals surface area contributed by atoms with E-state index < -0.39 is 0 Å². The number of hydrogen-bond donors (Lipinski definition) is 1. The van der Waals surface area contributed by atoms with Gasteiger partial charge in [-0.15, -0.1) is 0 Å². The Morgan fingerprint density at radius 1 is 0.680 bits per heavy atom. The summed E-state index contributed by atoms with van der Waals surface area (Å²) in [5, 5.41) is 9.29. The van der Waals surface area contributed by atoms with E-state index in [1.165, 1.54) is 96.4 Å². The molecule has 154 valence electrons. The molecule has 0 atom stereocenters. The highest BCUT2D eigenvalue weighted by Crippen LogP contribution is 2.21. The predicted octanol–water partition coefficient (Wildman–Crippen LogP) is 3.18. The highest BCUT2D eigenvalue weighted by Gasteiger charge is 2.21. The van der Waals surface area contributed by atoms with Gasteiger partial charge in [0.25, 0.3) is 0 Å². The molecule has 0 aliphatic heterocycles. The SMILES string of the molecule is CCCCCCCCC(CCCCCCCC)C[N+](C)(C)CCO.[Cl-]. The standard InChI is InChI=1S/C22H48NO.ClH/c1-5-7-9-11-13-15-17-22(21-23(3,4)19-20-24)18-16-14-12-10-8-6-2;/h22,24H,5-21H2,1-4H3;1H/q+1;/p-1. The first kappa shape index (κ1) is 27.4. The molecule has 0 amide bonds. The molecule has 0 fully saturated rings. The highest BCUT2D eigenvalue weighted by molar-refractivity contribution is 4.61. The fourth-order valence-corrected chi connectivity index (χ4v) is 3.81. The van der Waals surface area contributed by atoms with E-state index in [0.29, 0.717) is 6.61 Å². The Bertz CT molecular complexity index is 242. The largest absolute Gasteiger partial charge is 1.00 e. The van der Waals surface area contributed by atoms with Crippen LogP contribution < -0.4 is 12.4 Å². The van der Waals surface area contributed by atoms with Gasteiger partial charge in [-0.1, -0.05) is 90.9 Å². The van der Waals surface area contributed by atoms with Crippen LogP contribution in [0.15, 0.2) is 0 Å². The quantitative estimate of drug-likeness (QED) is 0.287. The predicted molar refractivity (Wildman–Crippen MR) is 108 cm³/mol. The molecule has 0 rings (SSSR count). The summed E-state index contributed by atoms with van der Waals surface area (Å²) >= 11 is 0. The third-order valence-corrected chi connectivity index (χ3v) is 5.39. The van der Waals surface area contributed by atoms with Gasteiger partial charge in [-0.05, 0) is 12.8 Å². The summed E-state index contributed by atoms with van der Waals surface area (Å²) in [6.07, 6.45) is 19.6. The maximum absolute atomic E-state index is 9.29. The van der Waals surface area contributed by atoms with Crippen LogP contribution in [0.2, 0.25) is 0 Å². The van der Waals surface area contributed by atoms with Crippen LogP contribution >= 0.6 is 0 Å². The molecule has 0 saturated carbocycles. The lowest BCUT2D eigenvalue weighted by Gasteiger charge is -2.33. The van der Waals surface area contributed by atoms with Gasteiger partial charge in [0.2, 0.25) is 0 Å². The number of likely N-dealkylation sites (N-methyl/N-ethyl adjacent to an activating group) is 1. The second-order valence-corrected chi connectivity index (χ2v) is 8.54. The van der Waals surface area contributed by atoms with Crippen LogP contribution in [0.3, 0.4) is 0 Å². The monoisotopic (exact) mass is 377 g/mol. The van der Waals surface area contributed by atoms with Crippen molar-refractivity contribution in [2.24, 2.45) is 5.92 Å². The van der Waals surface area contributed by atoms with Crippen molar-refractivity contribution in [3.63, 3.8) is 0 Å². The Balaban J connectivity index is 0. The third-order valence-electron chi connectivity index (χ3n) is 5.39. The molecular weight excluding hydrogens is 330 g/mol. The van der Waals surface area contributed by atoms with Gasteiger partial charge in [0.15, 0.2) is 0 Å². The van der Waals surface area contributed by atoms with E-state index in [4.69, 9.17) is 0 Å². The molecule has 0 spiro atoms. The molecule has 25 heavy (non-hydrogen) atoms. The van der Waals surface area contributed by atoms with Crippen molar-refractivity contribution in [3.05, 3.63) is 0 Å². The first-order valence-electron chi connectivity index (χ1n) is 11.0. The molecular formula is C22H48ClNO. The molecule has 0 aromatic carbocycles. The van der Waals surface area contributed by atoms with Gasteiger partial charge >= 0.3 is 0 Å². The van der Waals surface area contributed by atoms with Crippen LogP contribution in [-0.2, 0) is 0 Å². The van der Waals surface area contributed by atoms with Crippen molar-refractivity contribution in [1.82, 2.24) is 0 Å². The molecule has 1 N–H and O–H groups in total. The van der Waals surface area contributed by atoms with E-state index in [0.717, 1.165) is 16.9 Å². The van der Waals surface area contributed by atoms with Crippen LogP contribution in [-0.4, -0.2) is 43.4 Å². The van der Waals surface area contributed by atoms with Crippen LogP contribution in [0.5, 0.6) is 0 Å². The summed E-state index contributed by atoms with van der Waals surface area (Å²) in [7, 11) is 4.57. The van der Waals surface area contributed by atoms with Crippen LogP contribution in [0.4, 0.5) is 0 Å². The summed E-state index contributed by atoms with van der Waals surface area (Å²) in [6.45, 7) is 7.02. The summed E-state index contributed by atoms with van der Waals surface area (Å²) in [5.41, 5.74) is 0. The number of quaternary nitrogens is 1. The maximum Gasteiger partial charge on any atom is 0.102 e. The van der Waals surface area contributed by atoms with Crippen LogP contribution in [0.1, 0.15) is 104 Å². The fourth-order valence-electron chi connectivity index (χ4n) is 3.81. The number of unbranched alkanes of at least 4 members (excludes halogenated alkanes) is 10. The second-order valence-electron chi connectivity index (χ2n) is 8.54. The highest BCUT2D eigenvalue weighted by atomic mass is 35.5. The zero-order chi connectivity index (χ0) is 18.1. The molecule has 0 heterocycles. The molecule has 0 radical (unpaired) electrons. The van der Waals surface area contributed by atoms with Gasteiger partial charge < -0.3 is 22.0 Å². The molecule has 0 aliphatic carbocycles. The molecule has 0 aliphatic rings. The summed E-state index contributed by atoms with van der Waals surface area (Å²) in [5.74, 6) is 0.851. The van der Waals surface area contributed by atoms with Crippen LogP contribution in [0, 0.1) is 5.92 Å². The number of halogens is 1. The lowest BCUT2D eigenvalue weighted by atomic mass is 9.93. The summed E-state index contributed by atoms with van der Waals surface area (Å²) < 4.78 is 0.979. The number of aliphatic hydroxyl groups is 1. The van der Waals surface area contributed by atoms with Crippen molar-refractivity contribution < 1.29 is 22.0 Å². The second kappa shape index (κ2) is 19.0. The van der Waals surface area contributed by atoms with Crippen molar-refractivity contribution in [3.8, 4) is 0 Å². The molecule has 0 bridgehead atoms. The fraction of sp³-hybridized carbons (Fsp3) is 1.00. The van der Waals surface area contributed by atoms with Crippen molar-refractivity contribution in [1.29, 1.82) is 0 Å². The number of aliphatic hydroxyl groups excluding tert-OH is 1. The van der Waals surface area contributed by atoms with Crippen molar-refractivity contribution >= 4 is 0 Å². The molecule has 0 unspecified atom stereocenters. The van der Waals surface area contributed by atoms with Crippen LogP contribution in [0.25, 0.3) is 0 Å². The topological polar surface area (TPSA) is 20.2 Å². The van der Waals surface area contributed by atoms with E-state index in [-0.39, 0.29) is 12.4 Å². The Morgan fingerprint density at radius 2 is 1.08 bits per heavy atom. The molecule has 2 nitrogen and oxygen atoms in total. The lowest BCUT2D eigenvalue weighted by Crippen LogP contribution is -3.00. The first-order chi connectivity index (χ1) is 11.6. The lowest BCUT2D eigenvalue weighted by molar-refractivity contribution is -0.894. The number of rotatable bonds is 18. The van der Waals surface area contributed by atoms with Gasteiger partial charge in [-0.2, -0.15) is 0 Å². The minimum Gasteiger partial charge on any atom is -1.00 e. The minimum atomic E-state index is 0. The van der Waals surface area contributed by atoms with Gasteiger partial charge in [0, 0.05) is 5.92 Å². The average Bonchev–Trinajstić information content (AvgIpc) is 2.53. The van der Waals surface area contributed by atoms with E-state index in [1.54, 1.807) is 0 Å². The Morgan fingerprint density at radius 3 is 1.48 bits per heavy atom. The maximum atomic E-state index is 9.29. The van der Waals surface area contributed by atoms with Gasteiger partial charge in [0.1, 0.15) is 6.54 Å². The first-order valence-corrected chi connectivity index (χ1v) is 11.0. The Kier molecular flexibility index (Phi) is 20.8. The van der Waals surface area contributed by atoms with Gasteiger partial charge in [-0.3, -0.25) is 0 Å². The Labute approximate surface area is 165 Å². The third kappa shape index (κ3) is 18.8. The molecule has 0 aromatic heterocycles. The molecule has 3 heteroatoms. The average molecular weight is 378 g/mol.